The summed E-state index contributed by atoms with van der Waals surface area (Å²) >= 11 is 0. The average Bonchev–Trinajstić information content (AvgIpc) is 2.62. The first kappa shape index (κ1) is 17.3. The molecule has 2 heterocycles. The maximum atomic E-state index is 13.1. The van der Waals surface area contributed by atoms with E-state index in [9.17, 15) is 4.39 Å². The van der Waals surface area contributed by atoms with Gasteiger partial charge < -0.3 is 4.90 Å². The Hall–Kier alpha value is -1.55. The van der Waals surface area contributed by atoms with Gasteiger partial charge in [0.1, 0.15) is 5.82 Å². The number of nitrogens with zero attached hydrogens (tertiary/aromatic N) is 3. The van der Waals surface area contributed by atoms with Gasteiger partial charge in [-0.3, -0.25) is 0 Å². The first-order chi connectivity index (χ1) is 11.8. The molecule has 1 aromatic rings. The van der Waals surface area contributed by atoms with Crippen LogP contribution in [-0.4, -0.2) is 31.1 Å². The van der Waals surface area contributed by atoms with Gasteiger partial charge in [0.2, 0.25) is 0 Å². The Balaban J connectivity index is 1.63. The molecule has 2 aliphatic rings. The van der Waals surface area contributed by atoms with Crippen LogP contribution in [0.4, 0.5) is 4.39 Å². The standard InChI is InChI=1S/C20H28FN3/c1-22-23-19(16-10-12-18(21)13-11-16)8-4-6-17-7-5-15-24-14-3-2-9-20(17)24/h8,10-13,17,20H,2-7,9,14-15H2,1H3/b19-8-,23-22?/t17-,20-/m1/s1. The van der Waals surface area contributed by atoms with Crippen molar-refractivity contribution in [1.82, 2.24) is 4.90 Å². The van der Waals surface area contributed by atoms with E-state index in [2.05, 4.69) is 21.2 Å². The average molecular weight is 329 g/mol. The van der Waals surface area contributed by atoms with Gasteiger partial charge in [-0.2, -0.15) is 10.2 Å². The van der Waals surface area contributed by atoms with Crippen molar-refractivity contribution in [2.24, 2.45) is 16.1 Å². The second-order valence-electron chi connectivity index (χ2n) is 6.98. The summed E-state index contributed by atoms with van der Waals surface area (Å²) < 4.78 is 13.1. The highest BCUT2D eigenvalue weighted by atomic mass is 19.1. The summed E-state index contributed by atoms with van der Waals surface area (Å²) in [7, 11) is 1.68. The van der Waals surface area contributed by atoms with Crippen LogP contribution in [0.25, 0.3) is 5.70 Å². The fraction of sp³-hybridized carbons (Fsp3) is 0.600. The van der Waals surface area contributed by atoms with Gasteiger partial charge in [-0.15, -0.1) is 0 Å². The van der Waals surface area contributed by atoms with Gasteiger partial charge in [0, 0.05) is 18.7 Å². The number of halogens is 1. The molecule has 0 unspecified atom stereocenters. The number of azo groups is 1. The van der Waals surface area contributed by atoms with Gasteiger partial charge >= 0.3 is 0 Å². The van der Waals surface area contributed by atoms with E-state index in [1.54, 1.807) is 19.2 Å². The lowest BCUT2D eigenvalue weighted by Crippen LogP contribution is -2.47. The third-order valence-electron chi connectivity index (χ3n) is 5.45. The quantitative estimate of drug-likeness (QED) is 0.674. The zero-order valence-corrected chi connectivity index (χ0v) is 14.6. The summed E-state index contributed by atoms with van der Waals surface area (Å²) in [4.78, 5) is 2.72. The van der Waals surface area contributed by atoms with E-state index in [1.807, 2.05) is 0 Å². The van der Waals surface area contributed by atoms with Gasteiger partial charge in [0.05, 0.1) is 5.70 Å². The van der Waals surface area contributed by atoms with Crippen LogP contribution in [0.1, 0.15) is 50.5 Å². The Morgan fingerprint density at radius 1 is 1.17 bits per heavy atom. The molecule has 2 aliphatic heterocycles. The molecule has 4 heteroatoms. The molecular weight excluding hydrogens is 301 g/mol. The molecule has 24 heavy (non-hydrogen) atoms. The fourth-order valence-corrected chi connectivity index (χ4v) is 4.29. The molecule has 1 aromatic carbocycles. The molecule has 3 nitrogen and oxygen atoms in total. The SMILES string of the molecule is CN=N/C(=C\CC[C@@H]1CCCN2CCCC[C@H]12)c1ccc(F)cc1. The van der Waals surface area contributed by atoms with Crippen molar-refractivity contribution in [3.8, 4) is 0 Å². The van der Waals surface area contributed by atoms with Crippen LogP contribution in [0, 0.1) is 11.7 Å². The number of fused-ring (bicyclic) bond motifs is 1. The summed E-state index contributed by atoms with van der Waals surface area (Å²) in [6.07, 6.45) is 11.2. The summed E-state index contributed by atoms with van der Waals surface area (Å²) in [6, 6.07) is 7.31. The second-order valence-corrected chi connectivity index (χ2v) is 6.98. The molecule has 0 spiro atoms. The number of hydrogen-bond acceptors (Lipinski definition) is 3. The molecule has 0 bridgehead atoms. The zero-order valence-electron chi connectivity index (χ0n) is 14.6. The maximum absolute atomic E-state index is 13.1. The molecule has 2 fully saturated rings. The lowest BCUT2D eigenvalue weighted by molar-refractivity contribution is 0.0563. The molecule has 0 N–H and O–H groups in total. The van der Waals surface area contributed by atoms with Crippen LogP contribution < -0.4 is 0 Å². The molecule has 3 rings (SSSR count). The molecule has 0 amide bonds. The van der Waals surface area contributed by atoms with E-state index in [1.165, 1.54) is 63.7 Å². The number of allylic oxidation sites excluding steroid dienone is 1. The molecule has 130 valence electrons. The first-order valence-corrected chi connectivity index (χ1v) is 9.28. The number of rotatable bonds is 5. The monoisotopic (exact) mass is 329 g/mol. The number of hydrogen-bond donors (Lipinski definition) is 0. The van der Waals surface area contributed by atoms with E-state index in [0.29, 0.717) is 0 Å². The Morgan fingerprint density at radius 3 is 2.75 bits per heavy atom. The highest BCUT2D eigenvalue weighted by Crippen LogP contribution is 2.34. The van der Waals surface area contributed by atoms with Gasteiger partial charge in [-0.1, -0.05) is 12.5 Å². The minimum absolute atomic E-state index is 0.217. The minimum atomic E-state index is -0.217. The van der Waals surface area contributed by atoms with Gasteiger partial charge in [-0.25, -0.2) is 4.39 Å². The maximum Gasteiger partial charge on any atom is 0.123 e. The van der Waals surface area contributed by atoms with E-state index >= 15 is 0 Å². The van der Waals surface area contributed by atoms with E-state index in [-0.39, 0.29) is 5.82 Å². The van der Waals surface area contributed by atoms with Crippen LogP contribution in [-0.2, 0) is 0 Å². The summed E-state index contributed by atoms with van der Waals surface area (Å²) in [5.41, 5.74) is 1.79. The number of piperidine rings is 2. The van der Waals surface area contributed by atoms with E-state index in [0.717, 1.165) is 29.6 Å². The zero-order chi connectivity index (χ0) is 16.8. The van der Waals surface area contributed by atoms with Crippen molar-refractivity contribution in [2.45, 2.75) is 51.0 Å². The molecule has 0 saturated carbocycles. The van der Waals surface area contributed by atoms with Gasteiger partial charge in [-0.05, 0) is 81.8 Å². The van der Waals surface area contributed by atoms with Crippen molar-refractivity contribution in [3.63, 3.8) is 0 Å². The molecule has 0 aromatic heterocycles. The number of benzene rings is 1. The molecular formula is C20H28FN3. The topological polar surface area (TPSA) is 28.0 Å². The van der Waals surface area contributed by atoms with Crippen LogP contribution in [0.5, 0.6) is 0 Å². The third kappa shape index (κ3) is 4.29. The lowest BCUT2D eigenvalue weighted by atomic mass is 9.81. The summed E-state index contributed by atoms with van der Waals surface area (Å²) in [6.45, 7) is 2.59. The van der Waals surface area contributed by atoms with Crippen LogP contribution >= 0.6 is 0 Å². The molecule has 0 aliphatic carbocycles. The van der Waals surface area contributed by atoms with Crippen LogP contribution in [0.2, 0.25) is 0 Å². The van der Waals surface area contributed by atoms with Crippen molar-refractivity contribution in [3.05, 3.63) is 41.7 Å². The molecule has 0 radical (unpaired) electrons. The molecule has 2 atom stereocenters. The highest BCUT2D eigenvalue weighted by Gasteiger charge is 2.32. The second kappa shape index (κ2) is 8.52. The normalized spacial score (nSPS) is 25.8. The Bertz CT molecular complexity index is 577. The Kier molecular flexibility index (Phi) is 6.13. The first-order valence-electron chi connectivity index (χ1n) is 9.28. The molecule has 2 saturated heterocycles. The van der Waals surface area contributed by atoms with Crippen molar-refractivity contribution in [2.75, 3.05) is 20.1 Å². The van der Waals surface area contributed by atoms with Crippen molar-refractivity contribution in [1.29, 1.82) is 0 Å². The summed E-state index contributed by atoms with van der Waals surface area (Å²) in [5, 5.41) is 8.16. The smallest absolute Gasteiger partial charge is 0.123 e. The predicted octanol–water partition coefficient (Wildman–Crippen LogP) is 5.29. The van der Waals surface area contributed by atoms with Gasteiger partial charge in [0.25, 0.3) is 0 Å². The summed E-state index contributed by atoms with van der Waals surface area (Å²) in [5.74, 6) is 0.592. The fourth-order valence-electron chi connectivity index (χ4n) is 4.29. The largest absolute Gasteiger partial charge is 0.300 e. The van der Waals surface area contributed by atoms with E-state index in [4.69, 9.17) is 0 Å². The van der Waals surface area contributed by atoms with E-state index < -0.39 is 0 Å². The van der Waals surface area contributed by atoms with Gasteiger partial charge in [0.15, 0.2) is 0 Å². The Morgan fingerprint density at radius 2 is 1.96 bits per heavy atom. The van der Waals surface area contributed by atoms with Crippen molar-refractivity contribution < 1.29 is 4.39 Å². The minimum Gasteiger partial charge on any atom is -0.300 e. The van der Waals surface area contributed by atoms with Crippen LogP contribution in [0.3, 0.4) is 0 Å². The Labute approximate surface area is 144 Å². The highest BCUT2D eigenvalue weighted by molar-refractivity contribution is 5.63. The predicted molar refractivity (Wildman–Crippen MR) is 96.3 cm³/mol. The van der Waals surface area contributed by atoms with Crippen molar-refractivity contribution >= 4 is 5.70 Å². The third-order valence-corrected chi connectivity index (χ3v) is 5.45. The van der Waals surface area contributed by atoms with Crippen LogP contribution in [0.15, 0.2) is 40.6 Å². The lowest BCUT2D eigenvalue weighted by Gasteiger charge is -2.44.